The molecule has 0 radical (unpaired) electrons. The van der Waals surface area contributed by atoms with Gasteiger partial charge in [-0.15, -0.1) is 0 Å². The molecule has 1 amide bonds. The molecule has 37 heavy (non-hydrogen) atoms. The van der Waals surface area contributed by atoms with E-state index in [9.17, 15) is 23.3 Å². The van der Waals surface area contributed by atoms with Gasteiger partial charge in [-0.25, -0.2) is 13.8 Å². The Bertz CT molecular complexity index is 1540. The van der Waals surface area contributed by atoms with Crippen molar-refractivity contribution in [3.63, 3.8) is 0 Å². The van der Waals surface area contributed by atoms with Gasteiger partial charge in [-0.05, 0) is 29.8 Å². The van der Waals surface area contributed by atoms with E-state index in [4.69, 9.17) is 0 Å². The molecule has 4 aromatic carbocycles. The normalized spacial score (nSPS) is 11.2. The summed E-state index contributed by atoms with van der Waals surface area (Å²) in [4.78, 5) is 23.6. The summed E-state index contributed by atoms with van der Waals surface area (Å²) in [7, 11) is -4.03. The second-order valence-electron chi connectivity index (χ2n) is 7.88. The fourth-order valence-corrected chi connectivity index (χ4v) is 5.09. The fourth-order valence-electron chi connectivity index (χ4n) is 3.60. The Hall–Kier alpha value is -4.83. The van der Waals surface area contributed by atoms with Gasteiger partial charge in [-0.3, -0.25) is 19.2 Å². The van der Waals surface area contributed by atoms with Gasteiger partial charge < -0.3 is 0 Å². The summed E-state index contributed by atoms with van der Waals surface area (Å²) in [5, 5.41) is 14.9. The third kappa shape index (κ3) is 6.06. The number of hydrazone groups is 1. The van der Waals surface area contributed by atoms with Gasteiger partial charge in [0, 0.05) is 17.7 Å². The molecule has 0 saturated carbocycles. The van der Waals surface area contributed by atoms with Gasteiger partial charge in [-0.1, -0.05) is 72.8 Å². The molecular formula is C27H22N4O5S. The molecule has 0 atom stereocenters. The van der Waals surface area contributed by atoms with Crippen LogP contribution in [-0.2, 0) is 16.6 Å². The zero-order valence-corrected chi connectivity index (χ0v) is 20.3. The maximum Gasteiger partial charge on any atom is 0.273 e. The predicted molar refractivity (Wildman–Crippen MR) is 141 cm³/mol. The molecule has 0 aliphatic heterocycles. The standard InChI is InChI=1S/C27H22N4O5S/c32-27(29-28-19-22-12-9-13-23(18-22)31(33)34)25-16-7-8-17-26(25)30(20-21-10-3-1-4-11-21)37(35,36)24-14-5-2-6-15-24/h1-19H,20H2,(H,29,32)/b28-19-. The van der Waals surface area contributed by atoms with Gasteiger partial charge in [0.2, 0.25) is 0 Å². The van der Waals surface area contributed by atoms with Crippen molar-refractivity contribution in [2.45, 2.75) is 11.4 Å². The van der Waals surface area contributed by atoms with Crippen molar-refractivity contribution in [3.05, 3.63) is 136 Å². The highest BCUT2D eigenvalue weighted by Gasteiger charge is 2.28. The number of hydrogen-bond acceptors (Lipinski definition) is 6. The lowest BCUT2D eigenvalue weighted by atomic mass is 10.1. The molecule has 0 aromatic heterocycles. The predicted octanol–water partition coefficient (Wildman–Crippen LogP) is 4.75. The summed E-state index contributed by atoms with van der Waals surface area (Å²) < 4.78 is 28.6. The van der Waals surface area contributed by atoms with E-state index in [0.717, 1.165) is 5.56 Å². The molecule has 0 unspecified atom stereocenters. The van der Waals surface area contributed by atoms with Gasteiger partial charge in [-0.2, -0.15) is 5.10 Å². The highest BCUT2D eigenvalue weighted by Crippen LogP contribution is 2.29. The number of carbonyl (C=O) groups is 1. The van der Waals surface area contributed by atoms with Crippen molar-refractivity contribution in [2.24, 2.45) is 5.10 Å². The lowest BCUT2D eigenvalue weighted by Gasteiger charge is -2.26. The summed E-state index contributed by atoms with van der Waals surface area (Å²) in [6.45, 7) is -0.000683. The van der Waals surface area contributed by atoms with Crippen LogP contribution in [0.15, 0.2) is 119 Å². The number of non-ortho nitro benzene ring substituents is 1. The number of anilines is 1. The molecule has 186 valence electrons. The molecule has 0 heterocycles. The maximum atomic E-state index is 13.7. The third-order valence-corrected chi connectivity index (χ3v) is 7.15. The maximum absolute atomic E-state index is 13.7. The first kappa shape index (κ1) is 25.3. The number of carbonyl (C=O) groups excluding carboxylic acids is 1. The van der Waals surface area contributed by atoms with E-state index in [0.29, 0.717) is 5.56 Å². The number of rotatable bonds is 9. The highest BCUT2D eigenvalue weighted by atomic mass is 32.2. The number of amides is 1. The molecule has 4 aromatic rings. The van der Waals surface area contributed by atoms with Crippen LogP contribution in [0.25, 0.3) is 0 Å². The Balaban J connectivity index is 1.67. The minimum Gasteiger partial charge on any atom is -0.267 e. The Morgan fingerprint density at radius 1 is 0.892 bits per heavy atom. The second-order valence-corrected chi connectivity index (χ2v) is 9.74. The van der Waals surface area contributed by atoms with Crippen LogP contribution < -0.4 is 9.73 Å². The van der Waals surface area contributed by atoms with Crippen molar-refractivity contribution in [1.29, 1.82) is 0 Å². The topological polar surface area (TPSA) is 122 Å². The van der Waals surface area contributed by atoms with Crippen LogP contribution in [0.1, 0.15) is 21.5 Å². The van der Waals surface area contributed by atoms with Crippen molar-refractivity contribution in [1.82, 2.24) is 5.43 Å². The first-order valence-corrected chi connectivity index (χ1v) is 12.6. The molecule has 0 fully saturated rings. The Kier molecular flexibility index (Phi) is 7.70. The zero-order valence-electron chi connectivity index (χ0n) is 19.5. The van der Waals surface area contributed by atoms with Gasteiger partial charge in [0.25, 0.3) is 21.6 Å². The van der Waals surface area contributed by atoms with E-state index in [1.807, 2.05) is 18.2 Å². The second kappa shape index (κ2) is 11.3. The van der Waals surface area contributed by atoms with Crippen LogP contribution >= 0.6 is 0 Å². The van der Waals surface area contributed by atoms with E-state index in [1.165, 1.54) is 46.9 Å². The number of nitrogens with one attached hydrogen (secondary N) is 1. The number of sulfonamides is 1. The first-order valence-electron chi connectivity index (χ1n) is 11.1. The summed E-state index contributed by atoms with van der Waals surface area (Å²) >= 11 is 0. The van der Waals surface area contributed by atoms with E-state index in [1.54, 1.807) is 54.6 Å². The van der Waals surface area contributed by atoms with Crippen molar-refractivity contribution >= 4 is 33.5 Å². The highest BCUT2D eigenvalue weighted by molar-refractivity contribution is 7.92. The van der Waals surface area contributed by atoms with Crippen LogP contribution in [0.5, 0.6) is 0 Å². The monoisotopic (exact) mass is 514 g/mol. The Labute approximate surface area is 213 Å². The van der Waals surface area contributed by atoms with E-state index >= 15 is 0 Å². The summed E-state index contributed by atoms with van der Waals surface area (Å²) in [6.07, 6.45) is 1.27. The van der Waals surface area contributed by atoms with Gasteiger partial charge >= 0.3 is 0 Å². The SMILES string of the molecule is O=C(N/N=C\c1cccc([N+](=O)[O-])c1)c1ccccc1N(Cc1ccccc1)S(=O)(=O)c1ccccc1. The molecule has 0 saturated heterocycles. The number of nitrogens with zero attached hydrogens (tertiary/aromatic N) is 3. The summed E-state index contributed by atoms with van der Waals surface area (Å²) in [5.74, 6) is -0.640. The van der Waals surface area contributed by atoms with E-state index in [-0.39, 0.29) is 28.4 Å². The van der Waals surface area contributed by atoms with Gasteiger partial charge in [0.15, 0.2) is 0 Å². The number of hydrogen-bond donors (Lipinski definition) is 1. The van der Waals surface area contributed by atoms with Crippen LogP contribution in [0.2, 0.25) is 0 Å². The van der Waals surface area contributed by atoms with Crippen molar-refractivity contribution < 1.29 is 18.1 Å². The average Bonchev–Trinajstić information content (AvgIpc) is 2.93. The van der Waals surface area contributed by atoms with Crippen LogP contribution in [0.4, 0.5) is 11.4 Å². The number of nitro groups is 1. The van der Waals surface area contributed by atoms with E-state index < -0.39 is 20.9 Å². The largest absolute Gasteiger partial charge is 0.273 e. The fraction of sp³-hybridized carbons (Fsp3) is 0.0370. The first-order chi connectivity index (χ1) is 17.9. The summed E-state index contributed by atoms with van der Waals surface area (Å²) in [6, 6.07) is 29.2. The van der Waals surface area contributed by atoms with Crippen molar-refractivity contribution in [3.8, 4) is 0 Å². The van der Waals surface area contributed by atoms with Crippen LogP contribution in [0, 0.1) is 10.1 Å². The average molecular weight is 515 g/mol. The molecule has 9 nitrogen and oxygen atoms in total. The number of nitro benzene ring substituents is 1. The number of para-hydroxylation sites is 1. The Morgan fingerprint density at radius 3 is 2.24 bits per heavy atom. The molecule has 0 aliphatic carbocycles. The van der Waals surface area contributed by atoms with E-state index in [2.05, 4.69) is 10.5 Å². The lowest BCUT2D eigenvalue weighted by molar-refractivity contribution is -0.384. The summed E-state index contributed by atoms with van der Waals surface area (Å²) in [5.41, 5.74) is 3.70. The molecule has 4 rings (SSSR count). The van der Waals surface area contributed by atoms with Gasteiger partial charge in [0.1, 0.15) is 0 Å². The van der Waals surface area contributed by atoms with Gasteiger partial charge in [0.05, 0.1) is 33.8 Å². The van der Waals surface area contributed by atoms with Crippen LogP contribution in [-0.4, -0.2) is 25.5 Å². The number of benzene rings is 4. The minimum absolute atomic E-state index is 0.000683. The molecule has 10 heteroatoms. The molecule has 1 N–H and O–H groups in total. The lowest BCUT2D eigenvalue weighted by Crippen LogP contribution is -2.33. The smallest absolute Gasteiger partial charge is 0.267 e. The molecular weight excluding hydrogens is 492 g/mol. The molecule has 0 spiro atoms. The minimum atomic E-state index is -4.03. The molecule has 0 bridgehead atoms. The quantitative estimate of drug-likeness (QED) is 0.196. The Morgan fingerprint density at radius 2 is 1.54 bits per heavy atom. The molecule has 0 aliphatic rings. The third-order valence-electron chi connectivity index (χ3n) is 5.38. The van der Waals surface area contributed by atoms with Crippen LogP contribution in [0.3, 0.4) is 0 Å². The van der Waals surface area contributed by atoms with Crippen molar-refractivity contribution in [2.75, 3.05) is 4.31 Å². The zero-order chi connectivity index (χ0) is 26.3.